The van der Waals surface area contributed by atoms with Crippen LogP contribution in [0.1, 0.15) is 16.8 Å². The fourth-order valence-corrected chi connectivity index (χ4v) is 2.18. The molecule has 1 aromatic rings. The summed E-state index contributed by atoms with van der Waals surface area (Å²) >= 11 is 8.88. The molecule has 88 valence electrons. The third-order valence-electron chi connectivity index (χ3n) is 2.11. The second kappa shape index (κ2) is 6.11. The molecular weight excluding hydrogens is 295 g/mol. The first-order valence-corrected chi connectivity index (χ1v) is 5.98. The number of halogens is 2. The maximum Gasteiger partial charge on any atom is 0.167 e. The number of carbonyl (C=O) groups is 1. The van der Waals surface area contributed by atoms with E-state index < -0.39 is 0 Å². The quantitative estimate of drug-likeness (QED) is 0.618. The molecular formula is C11H12BrClO3. The molecule has 5 heteroatoms. The van der Waals surface area contributed by atoms with Gasteiger partial charge < -0.3 is 9.47 Å². The zero-order valence-corrected chi connectivity index (χ0v) is 11.4. The molecule has 0 atom stereocenters. The summed E-state index contributed by atoms with van der Waals surface area (Å²) in [5.41, 5.74) is 0.510. The molecule has 1 rings (SSSR count). The number of rotatable bonds is 5. The Bertz CT molecular complexity index is 393. The Balaban J connectivity index is 3.20. The van der Waals surface area contributed by atoms with Gasteiger partial charge in [0.1, 0.15) is 16.0 Å². The SMILES string of the molecule is COc1ccc(C(=O)CCCl)c(OC)c1Br. The maximum absolute atomic E-state index is 11.8. The van der Waals surface area contributed by atoms with Gasteiger partial charge in [-0.15, -0.1) is 11.6 Å². The molecule has 16 heavy (non-hydrogen) atoms. The average molecular weight is 308 g/mol. The molecule has 0 fully saturated rings. The first-order chi connectivity index (χ1) is 7.65. The van der Waals surface area contributed by atoms with E-state index in [0.29, 0.717) is 27.4 Å². The molecule has 0 saturated heterocycles. The molecule has 0 saturated carbocycles. The molecule has 0 bridgehead atoms. The minimum atomic E-state index is -0.0461. The van der Waals surface area contributed by atoms with Crippen molar-refractivity contribution in [3.8, 4) is 11.5 Å². The van der Waals surface area contributed by atoms with Crippen LogP contribution in [0.2, 0.25) is 0 Å². The second-order valence-electron chi connectivity index (χ2n) is 3.02. The van der Waals surface area contributed by atoms with Gasteiger partial charge in [-0.1, -0.05) is 0 Å². The van der Waals surface area contributed by atoms with Crippen LogP contribution in [0.3, 0.4) is 0 Å². The molecule has 0 aromatic heterocycles. The summed E-state index contributed by atoms with van der Waals surface area (Å²) in [6.07, 6.45) is 0.288. The summed E-state index contributed by atoms with van der Waals surface area (Å²) in [6.45, 7) is 0. The molecule has 0 radical (unpaired) electrons. The van der Waals surface area contributed by atoms with Crippen molar-refractivity contribution < 1.29 is 14.3 Å². The molecule has 0 amide bonds. The van der Waals surface area contributed by atoms with Gasteiger partial charge >= 0.3 is 0 Å². The van der Waals surface area contributed by atoms with Crippen LogP contribution in [-0.2, 0) is 0 Å². The van der Waals surface area contributed by atoms with Gasteiger partial charge in [-0.25, -0.2) is 0 Å². The van der Waals surface area contributed by atoms with E-state index in [1.54, 1.807) is 19.2 Å². The Morgan fingerprint density at radius 2 is 2.06 bits per heavy atom. The lowest BCUT2D eigenvalue weighted by Crippen LogP contribution is -2.04. The summed E-state index contributed by atoms with van der Waals surface area (Å²) in [5, 5.41) is 0. The predicted octanol–water partition coefficient (Wildman–Crippen LogP) is 3.28. The molecule has 0 spiro atoms. The monoisotopic (exact) mass is 306 g/mol. The van der Waals surface area contributed by atoms with Gasteiger partial charge in [0.05, 0.1) is 19.8 Å². The molecule has 0 N–H and O–H groups in total. The van der Waals surface area contributed by atoms with Gasteiger partial charge in [-0.05, 0) is 28.1 Å². The number of methoxy groups -OCH3 is 2. The zero-order chi connectivity index (χ0) is 12.1. The predicted molar refractivity (Wildman–Crippen MR) is 66.9 cm³/mol. The van der Waals surface area contributed by atoms with E-state index in [2.05, 4.69) is 15.9 Å². The minimum Gasteiger partial charge on any atom is -0.495 e. The van der Waals surface area contributed by atoms with Crippen molar-refractivity contribution in [3.05, 3.63) is 22.2 Å². The van der Waals surface area contributed by atoms with E-state index in [-0.39, 0.29) is 12.2 Å². The average Bonchev–Trinajstić information content (AvgIpc) is 2.28. The molecule has 0 aliphatic rings. The molecule has 0 aliphatic carbocycles. The van der Waals surface area contributed by atoms with Crippen molar-refractivity contribution in [2.45, 2.75) is 6.42 Å². The maximum atomic E-state index is 11.8. The highest BCUT2D eigenvalue weighted by Gasteiger charge is 2.17. The first kappa shape index (κ1) is 13.3. The summed E-state index contributed by atoms with van der Waals surface area (Å²) in [6, 6.07) is 3.39. The van der Waals surface area contributed by atoms with Gasteiger partial charge in [0, 0.05) is 12.3 Å². The number of Topliss-reactive ketones (excluding diaryl/α,β-unsaturated/α-hetero) is 1. The summed E-state index contributed by atoms with van der Waals surface area (Å²) in [5.74, 6) is 1.36. The van der Waals surface area contributed by atoms with Gasteiger partial charge in [0.25, 0.3) is 0 Å². The van der Waals surface area contributed by atoms with E-state index >= 15 is 0 Å². The highest BCUT2D eigenvalue weighted by Crippen LogP contribution is 2.37. The number of carbonyl (C=O) groups excluding carboxylic acids is 1. The van der Waals surface area contributed by atoms with Crippen LogP contribution in [-0.4, -0.2) is 25.9 Å². The van der Waals surface area contributed by atoms with Crippen molar-refractivity contribution in [3.63, 3.8) is 0 Å². The molecule has 0 unspecified atom stereocenters. The highest BCUT2D eigenvalue weighted by atomic mass is 79.9. The number of ether oxygens (including phenoxy) is 2. The van der Waals surface area contributed by atoms with Crippen molar-refractivity contribution in [1.82, 2.24) is 0 Å². The van der Waals surface area contributed by atoms with E-state index in [1.165, 1.54) is 7.11 Å². The Kier molecular flexibility index (Phi) is 5.09. The summed E-state index contributed by atoms with van der Waals surface area (Å²) in [7, 11) is 3.07. The second-order valence-corrected chi connectivity index (χ2v) is 4.20. The Hall–Kier alpha value is -0.740. The first-order valence-electron chi connectivity index (χ1n) is 4.65. The van der Waals surface area contributed by atoms with Crippen LogP contribution in [0.4, 0.5) is 0 Å². The van der Waals surface area contributed by atoms with Crippen LogP contribution in [0.15, 0.2) is 16.6 Å². The van der Waals surface area contributed by atoms with Crippen LogP contribution < -0.4 is 9.47 Å². The van der Waals surface area contributed by atoms with E-state index in [4.69, 9.17) is 21.1 Å². The highest BCUT2D eigenvalue weighted by molar-refractivity contribution is 9.10. The Morgan fingerprint density at radius 3 is 2.56 bits per heavy atom. The standard InChI is InChI=1S/C11H12BrClO3/c1-15-9-4-3-7(8(14)5-6-13)11(16-2)10(9)12/h3-4H,5-6H2,1-2H3. The minimum absolute atomic E-state index is 0.0461. The molecule has 3 nitrogen and oxygen atoms in total. The van der Waals surface area contributed by atoms with Gasteiger partial charge in [-0.2, -0.15) is 0 Å². The number of ketones is 1. The van der Waals surface area contributed by atoms with E-state index in [9.17, 15) is 4.79 Å². The largest absolute Gasteiger partial charge is 0.495 e. The van der Waals surface area contributed by atoms with Crippen molar-refractivity contribution >= 4 is 33.3 Å². The van der Waals surface area contributed by atoms with Crippen molar-refractivity contribution in [2.24, 2.45) is 0 Å². The van der Waals surface area contributed by atoms with E-state index in [0.717, 1.165) is 0 Å². The Morgan fingerprint density at radius 1 is 1.38 bits per heavy atom. The number of alkyl halides is 1. The fourth-order valence-electron chi connectivity index (χ4n) is 1.34. The van der Waals surface area contributed by atoms with Crippen LogP contribution in [0, 0.1) is 0 Å². The van der Waals surface area contributed by atoms with Gasteiger partial charge in [-0.3, -0.25) is 4.79 Å². The van der Waals surface area contributed by atoms with Crippen LogP contribution in [0.25, 0.3) is 0 Å². The normalized spacial score (nSPS) is 10.0. The van der Waals surface area contributed by atoms with E-state index in [1.807, 2.05) is 0 Å². The Labute approximate surface area is 108 Å². The van der Waals surface area contributed by atoms with Crippen molar-refractivity contribution in [1.29, 1.82) is 0 Å². The van der Waals surface area contributed by atoms with Crippen molar-refractivity contribution in [2.75, 3.05) is 20.1 Å². The van der Waals surface area contributed by atoms with Gasteiger partial charge in [0.2, 0.25) is 0 Å². The lowest BCUT2D eigenvalue weighted by Gasteiger charge is -2.12. The molecule has 0 heterocycles. The zero-order valence-electron chi connectivity index (χ0n) is 9.05. The number of hydrogen-bond donors (Lipinski definition) is 0. The van der Waals surface area contributed by atoms with Crippen LogP contribution >= 0.6 is 27.5 Å². The van der Waals surface area contributed by atoms with Crippen LogP contribution in [0.5, 0.6) is 11.5 Å². The number of benzene rings is 1. The lowest BCUT2D eigenvalue weighted by atomic mass is 10.1. The third kappa shape index (κ3) is 2.68. The summed E-state index contributed by atoms with van der Waals surface area (Å²) in [4.78, 5) is 11.8. The topological polar surface area (TPSA) is 35.5 Å². The lowest BCUT2D eigenvalue weighted by molar-refractivity contribution is 0.0986. The molecule has 1 aromatic carbocycles. The summed E-state index contributed by atoms with van der Waals surface area (Å²) < 4.78 is 11.0. The number of hydrogen-bond acceptors (Lipinski definition) is 3. The fraction of sp³-hybridized carbons (Fsp3) is 0.364. The smallest absolute Gasteiger partial charge is 0.167 e. The third-order valence-corrected chi connectivity index (χ3v) is 3.05. The van der Waals surface area contributed by atoms with Gasteiger partial charge in [0.15, 0.2) is 5.78 Å². The molecule has 0 aliphatic heterocycles.